The molecular formula is C13H25N3O5. The van der Waals surface area contributed by atoms with E-state index in [2.05, 4.69) is 10.1 Å². The van der Waals surface area contributed by atoms with E-state index in [1.54, 1.807) is 7.05 Å². The zero-order valence-electron chi connectivity index (χ0n) is 13.1. The Morgan fingerprint density at radius 3 is 2.29 bits per heavy atom. The third kappa shape index (κ3) is 8.85. The Morgan fingerprint density at radius 1 is 1.19 bits per heavy atom. The second-order valence-corrected chi connectivity index (χ2v) is 5.03. The van der Waals surface area contributed by atoms with Crippen molar-refractivity contribution in [2.24, 2.45) is 0 Å². The molecule has 1 atom stereocenters. The van der Waals surface area contributed by atoms with E-state index < -0.39 is 24.0 Å². The number of hydrogen-bond acceptors (Lipinski definition) is 5. The molecule has 0 radical (unpaired) electrons. The predicted octanol–water partition coefficient (Wildman–Crippen LogP) is -0.0141. The van der Waals surface area contributed by atoms with Gasteiger partial charge in [-0.3, -0.25) is 4.79 Å². The van der Waals surface area contributed by atoms with Crippen LogP contribution in [0.15, 0.2) is 0 Å². The number of hydrogen-bond donors (Lipinski definition) is 2. The number of urea groups is 1. The molecule has 0 rings (SSSR count). The van der Waals surface area contributed by atoms with E-state index in [1.807, 2.05) is 19.0 Å². The maximum atomic E-state index is 11.9. The van der Waals surface area contributed by atoms with Crippen molar-refractivity contribution in [2.45, 2.75) is 25.3 Å². The molecular weight excluding hydrogens is 278 g/mol. The Balaban J connectivity index is 4.26. The third-order valence-corrected chi connectivity index (χ3v) is 2.91. The minimum absolute atomic E-state index is 0.000710. The Hall–Kier alpha value is -1.83. The number of carboxylic acids is 1. The van der Waals surface area contributed by atoms with E-state index >= 15 is 0 Å². The molecule has 2 amide bonds. The molecule has 122 valence electrons. The number of carbonyl (C=O) groups is 3. The van der Waals surface area contributed by atoms with Crippen molar-refractivity contribution >= 4 is 18.0 Å². The number of nitrogens with one attached hydrogen (secondary N) is 1. The largest absolute Gasteiger partial charge is 0.480 e. The van der Waals surface area contributed by atoms with Crippen LogP contribution in [-0.2, 0) is 14.3 Å². The minimum atomic E-state index is -1.17. The molecule has 8 heteroatoms. The lowest BCUT2D eigenvalue weighted by Crippen LogP contribution is -2.47. The van der Waals surface area contributed by atoms with Gasteiger partial charge in [-0.25, -0.2) is 9.59 Å². The molecule has 8 nitrogen and oxygen atoms in total. The van der Waals surface area contributed by atoms with Gasteiger partial charge in [-0.05, 0) is 33.5 Å². The number of methoxy groups -OCH3 is 1. The van der Waals surface area contributed by atoms with Crippen molar-refractivity contribution in [3.8, 4) is 0 Å². The van der Waals surface area contributed by atoms with Gasteiger partial charge in [-0.15, -0.1) is 0 Å². The summed E-state index contributed by atoms with van der Waals surface area (Å²) < 4.78 is 4.45. The van der Waals surface area contributed by atoms with Crippen LogP contribution in [0.1, 0.15) is 19.3 Å². The van der Waals surface area contributed by atoms with Crippen molar-refractivity contribution in [3.05, 3.63) is 0 Å². The normalized spacial score (nSPS) is 11.9. The summed E-state index contributed by atoms with van der Waals surface area (Å²) >= 11 is 0. The summed E-state index contributed by atoms with van der Waals surface area (Å²) in [6, 6.07) is -1.57. The molecule has 0 aromatic heterocycles. The van der Waals surface area contributed by atoms with E-state index in [0.717, 1.165) is 13.0 Å². The number of amides is 2. The second kappa shape index (κ2) is 9.98. The maximum Gasteiger partial charge on any atom is 0.326 e. The summed E-state index contributed by atoms with van der Waals surface area (Å²) in [6.45, 7) is 1.36. The average molecular weight is 303 g/mol. The fourth-order valence-corrected chi connectivity index (χ4v) is 1.61. The SMILES string of the molecule is COC(=O)CC[C@@H](NC(=O)N(C)CCCN(C)C)C(=O)O. The molecule has 0 bridgehead atoms. The highest BCUT2D eigenvalue weighted by Gasteiger charge is 2.22. The van der Waals surface area contributed by atoms with Crippen LogP contribution in [0.3, 0.4) is 0 Å². The van der Waals surface area contributed by atoms with Gasteiger partial charge < -0.3 is 25.0 Å². The molecule has 0 heterocycles. The highest BCUT2D eigenvalue weighted by molar-refractivity contribution is 5.83. The molecule has 0 aliphatic carbocycles. The summed E-state index contributed by atoms with van der Waals surface area (Å²) in [5.41, 5.74) is 0. The number of aliphatic carboxylic acids is 1. The summed E-state index contributed by atoms with van der Waals surface area (Å²) in [5, 5.41) is 11.4. The minimum Gasteiger partial charge on any atom is -0.480 e. The lowest BCUT2D eigenvalue weighted by molar-refractivity contribution is -0.142. The topological polar surface area (TPSA) is 99.2 Å². The van der Waals surface area contributed by atoms with E-state index in [-0.39, 0.29) is 12.8 Å². The average Bonchev–Trinajstić information content (AvgIpc) is 2.41. The highest BCUT2D eigenvalue weighted by Crippen LogP contribution is 2.01. The summed E-state index contributed by atoms with van der Waals surface area (Å²) in [6.07, 6.45) is 0.730. The molecule has 0 unspecified atom stereocenters. The Labute approximate surface area is 125 Å². The third-order valence-electron chi connectivity index (χ3n) is 2.91. The molecule has 0 spiro atoms. The maximum absolute atomic E-state index is 11.9. The van der Waals surface area contributed by atoms with E-state index in [0.29, 0.717) is 6.54 Å². The van der Waals surface area contributed by atoms with Gasteiger partial charge in [-0.1, -0.05) is 0 Å². The van der Waals surface area contributed by atoms with E-state index in [1.165, 1.54) is 12.0 Å². The summed E-state index contributed by atoms with van der Waals surface area (Å²) in [4.78, 5) is 37.4. The van der Waals surface area contributed by atoms with Crippen LogP contribution in [0.5, 0.6) is 0 Å². The first-order valence-corrected chi connectivity index (χ1v) is 6.74. The Bertz CT molecular complexity index is 360. The van der Waals surface area contributed by atoms with Gasteiger partial charge in [0, 0.05) is 20.0 Å². The highest BCUT2D eigenvalue weighted by atomic mass is 16.5. The monoisotopic (exact) mass is 303 g/mol. The number of ether oxygens (including phenoxy) is 1. The summed E-state index contributed by atoms with van der Waals surface area (Å²) in [7, 11) is 6.71. The first-order chi connectivity index (χ1) is 9.77. The van der Waals surface area contributed by atoms with Gasteiger partial charge in [0.05, 0.1) is 7.11 Å². The van der Waals surface area contributed by atoms with Crippen LogP contribution in [0.4, 0.5) is 4.79 Å². The number of rotatable bonds is 9. The molecule has 0 saturated heterocycles. The van der Waals surface area contributed by atoms with Gasteiger partial charge in [0.15, 0.2) is 0 Å². The number of carboxylic acid groups (broad SMARTS) is 1. The lowest BCUT2D eigenvalue weighted by Gasteiger charge is -2.22. The Morgan fingerprint density at radius 2 is 1.81 bits per heavy atom. The molecule has 0 aliphatic heterocycles. The molecule has 0 aromatic carbocycles. The quantitative estimate of drug-likeness (QED) is 0.581. The lowest BCUT2D eigenvalue weighted by atomic mass is 10.1. The Kier molecular flexibility index (Phi) is 9.11. The zero-order chi connectivity index (χ0) is 16.4. The van der Waals surface area contributed by atoms with Crippen molar-refractivity contribution in [1.29, 1.82) is 0 Å². The van der Waals surface area contributed by atoms with E-state index in [9.17, 15) is 14.4 Å². The zero-order valence-corrected chi connectivity index (χ0v) is 13.1. The van der Waals surface area contributed by atoms with Gasteiger partial charge >= 0.3 is 18.0 Å². The van der Waals surface area contributed by atoms with E-state index in [4.69, 9.17) is 5.11 Å². The number of esters is 1. The molecule has 21 heavy (non-hydrogen) atoms. The first kappa shape index (κ1) is 19.2. The van der Waals surface area contributed by atoms with Gasteiger partial charge in [-0.2, -0.15) is 0 Å². The fraction of sp³-hybridized carbons (Fsp3) is 0.769. The van der Waals surface area contributed by atoms with Crippen LogP contribution in [0, 0.1) is 0 Å². The van der Waals surface area contributed by atoms with Crippen LogP contribution >= 0.6 is 0 Å². The van der Waals surface area contributed by atoms with Crippen LogP contribution < -0.4 is 5.32 Å². The molecule has 2 N–H and O–H groups in total. The van der Waals surface area contributed by atoms with Gasteiger partial charge in [0.2, 0.25) is 0 Å². The second-order valence-electron chi connectivity index (χ2n) is 5.03. The smallest absolute Gasteiger partial charge is 0.326 e. The van der Waals surface area contributed by atoms with Gasteiger partial charge in [0.1, 0.15) is 6.04 Å². The molecule has 0 aromatic rings. The molecule has 0 fully saturated rings. The van der Waals surface area contributed by atoms with Gasteiger partial charge in [0.25, 0.3) is 0 Å². The van der Waals surface area contributed by atoms with Crippen molar-refractivity contribution in [3.63, 3.8) is 0 Å². The van der Waals surface area contributed by atoms with Crippen molar-refractivity contribution < 1.29 is 24.2 Å². The number of carbonyl (C=O) groups excluding carboxylic acids is 2. The van der Waals surface area contributed by atoms with Crippen LogP contribution in [0.25, 0.3) is 0 Å². The molecule has 0 aliphatic rings. The predicted molar refractivity (Wildman–Crippen MR) is 77.0 cm³/mol. The van der Waals surface area contributed by atoms with Crippen LogP contribution in [0.2, 0.25) is 0 Å². The number of nitrogens with zero attached hydrogens (tertiary/aromatic N) is 2. The van der Waals surface area contributed by atoms with Crippen molar-refractivity contribution in [2.75, 3.05) is 41.3 Å². The van der Waals surface area contributed by atoms with Crippen LogP contribution in [-0.4, -0.2) is 80.3 Å². The standard InChI is InChI=1S/C13H25N3O5/c1-15(2)8-5-9-16(3)13(20)14-10(12(18)19)6-7-11(17)21-4/h10H,5-9H2,1-4H3,(H,14,20)(H,18,19)/t10-/m1/s1. The van der Waals surface area contributed by atoms with Crippen molar-refractivity contribution in [1.82, 2.24) is 15.1 Å². The first-order valence-electron chi connectivity index (χ1n) is 6.74. The summed E-state index contributed by atoms with van der Waals surface area (Å²) in [5.74, 6) is -1.68. The fourth-order valence-electron chi connectivity index (χ4n) is 1.61. The molecule has 0 saturated carbocycles.